The number of esters is 1. The van der Waals surface area contributed by atoms with Crippen LogP contribution in [0.1, 0.15) is 21.5 Å². The number of nitrogens with zero attached hydrogens (tertiary/aromatic N) is 1. The van der Waals surface area contributed by atoms with E-state index in [1.807, 2.05) is 32.0 Å². The lowest BCUT2D eigenvalue weighted by Gasteiger charge is -2.17. The van der Waals surface area contributed by atoms with Gasteiger partial charge in [0.1, 0.15) is 5.82 Å². The molecule has 0 aliphatic carbocycles. The standard InChI is InChI=1S/C20H20ClFN2O4/c1-12-4-5-13(2)17(8-12)23-18(25)10-24(3)19(26)11-28-20(27)15-7-6-14(21)9-16(15)22/h4-9H,10-11H2,1-3H3,(H,23,25). The zero-order valence-electron chi connectivity index (χ0n) is 15.7. The van der Waals surface area contributed by atoms with Crippen molar-refractivity contribution in [2.45, 2.75) is 13.8 Å². The van der Waals surface area contributed by atoms with Crippen LogP contribution in [-0.4, -0.2) is 42.9 Å². The van der Waals surface area contributed by atoms with Gasteiger partial charge in [-0.15, -0.1) is 0 Å². The van der Waals surface area contributed by atoms with Gasteiger partial charge in [0.25, 0.3) is 5.91 Å². The number of hydrogen-bond donors (Lipinski definition) is 1. The predicted molar refractivity (Wildman–Crippen MR) is 104 cm³/mol. The molecule has 0 fully saturated rings. The maximum atomic E-state index is 13.7. The van der Waals surface area contributed by atoms with Crippen LogP contribution in [-0.2, 0) is 14.3 Å². The number of aryl methyl sites for hydroxylation is 2. The van der Waals surface area contributed by atoms with Crippen molar-refractivity contribution in [3.8, 4) is 0 Å². The van der Waals surface area contributed by atoms with Gasteiger partial charge in [-0.25, -0.2) is 9.18 Å². The fraction of sp³-hybridized carbons (Fsp3) is 0.250. The molecule has 6 nitrogen and oxygen atoms in total. The van der Waals surface area contributed by atoms with Gasteiger partial charge in [0.2, 0.25) is 5.91 Å². The number of amides is 2. The van der Waals surface area contributed by atoms with Crippen molar-refractivity contribution < 1.29 is 23.5 Å². The molecule has 1 N–H and O–H groups in total. The highest BCUT2D eigenvalue weighted by Gasteiger charge is 2.18. The van der Waals surface area contributed by atoms with Crippen LogP contribution in [0.5, 0.6) is 0 Å². The van der Waals surface area contributed by atoms with E-state index < -0.39 is 24.3 Å². The molecule has 0 radical (unpaired) electrons. The number of nitrogens with one attached hydrogen (secondary N) is 1. The molecule has 0 spiro atoms. The topological polar surface area (TPSA) is 75.7 Å². The van der Waals surface area contributed by atoms with Gasteiger partial charge in [-0.2, -0.15) is 0 Å². The summed E-state index contributed by atoms with van der Waals surface area (Å²) in [5.74, 6) is -2.82. The van der Waals surface area contributed by atoms with E-state index in [1.165, 1.54) is 19.2 Å². The average molecular weight is 407 g/mol. The molecule has 0 aromatic heterocycles. The lowest BCUT2D eigenvalue weighted by molar-refractivity contribution is -0.136. The summed E-state index contributed by atoms with van der Waals surface area (Å²) in [5, 5.41) is 2.88. The van der Waals surface area contributed by atoms with Crippen molar-refractivity contribution in [2.75, 3.05) is 25.5 Å². The number of carbonyl (C=O) groups excluding carboxylic acids is 3. The fourth-order valence-electron chi connectivity index (χ4n) is 2.33. The molecular weight excluding hydrogens is 387 g/mol. The van der Waals surface area contributed by atoms with E-state index in [4.69, 9.17) is 16.3 Å². The lowest BCUT2D eigenvalue weighted by Crippen LogP contribution is -2.37. The first-order valence-electron chi connectivity index (χ1n) is 8.40. The molecule has 28 heavy (non-hydrogen) atoms. The number of hydrogen-bond acceptors (Lipinski definition) is 4. The van der Waals surface area contributed by atoms with Gasteiger partial charge in [0.15, 0.2) is 6.61 Å². The van der Waals surface area contributed by atoms with Crippen molar-refractivity contribution in [2.24, 2.45) is 0 Å². The van der Waals surface area contributed by atoms with Crippen LogP contribution in [0.15, 0.2) is 36.4 Å². The van der Waals surface area contributed by atoms with Crippen LogP contribution in [0.2, 0.25) is 5.02 Å². The summed E-state index contributed by atoms with van der Waals surface area (Å²) < 4.78 is 18.5. The number of halogens is 2. The van der Waals surface area contributed by atoms with E-state index in [-0.39, 0.29) is 23.0 Å². The minimum atomic E-state index is -0.990. The van der Waals surface area contributed by atoms with E-state index in [2.05, 4.69) is 5.32 Å². The van der Waals surface area contributed by atoms with Crippen molar-refractivity contribution >= 4 is 35.1 Å². The molecule has 8 heteroatoms. The molecule has 0 heterocycles. The lowest BCUT2D eigenvalue weighted by atomic mass is 10.1. The Hall–Kier alpha value is -2.93. The first-order valence-corrected chi connectivity index (χ1v) is 8.78. The molecule has 0 bridgehead atoms. The predicted octanol–water partition coefficient (Wildman–Crippen LogP) is 3.35. The summed E-state index contributed by atoms with van der Waals surface area (Å²) >= 11 is 5.62. The fourth-order valence-corrected chi connectivity index (χ4v) is 2.49. The summed E-state index contributed by atoms with van der Waals surface area (Å²) in [6.07, 6.45) is 0. The SMILES string of the molecule is Cc1ccc(C)c(NC(=O)CN(C)C(=O)COC(=O)c2ccc(Cl)cc2F)c1. The molecule has 2 aromatic rings. The second kappa shape index (κ2) is 9.32. The van der Waals surface area contributed by atoms with Crippen LogP contribution < -0.4 is 5.32 Å². The van der Waals surface area contributed by atoms with E-state index >= 15 is 0 Å². The summed E-state index contributed by atoms with van der Waals surface area (Å²) in [6.45, 7) is 2.93. The largest absolute Gasteiger partial charge is 0.452 e. The second-order valence-electron chi connectivity index (χ2n) is 6.32. The molecule has 2 aromatic carbocycles. The van der Waals surface area contributed by atoms with Crippen molar-refractivity contribution in [3.63, 3.8) is 0 Å². The number of benzene rings is 2. The Balaban J connectivity index is 1.87. The molecular formula is C20H20ClFN2O4. The van der Waals surface area contributed by atoms with Crippen LogP contribution in [0.4, 0.5) is 10.1 Å². The normalized spacial score (nSPS) is 10.3. The molecule has 0 unspecified atom stereocenters. The Bertz CT molecular complexity index is 917. The third-order valence-corrected chi connectivity index (χ3v) is 4.19. The van der Waals surface area contributed by atoms with Gasteiger partial charge in [-0.1, -0.05) is 23.7 Å². The first kappa shape index (κ1) is 21.4. The zero-order chi connectivity index (χ0) is 20.8. The monoisotopic (exact) mass is 406 g/mol. The Morgan fingerprint density at radius 3 is 2.54 bits per heavy atom. The molecule has 0 saturated carbocycles. The summed E-state index contributed by atoms with van der Waals surface area (Å²) in [7, 11) is 1.40. The van der Waals surface area contributed by atoms with Gasteiger partial charge >= 0.3 is 5.97 Å². The number of carbonyl (C=O) groups is 3. The van der Waals surface area contributed by atoms with Crippen LogP contribution in [0.3, 0.4) is 0 Å². The highest BCUT2D eigenvalue weighted by Crippen LogP contribution is 2.17. The Morgan fingerprint density at radius 2 is 1.86 bits per heavy atom. The average Bonchev–Trinajstić information content (AvgIpc) is 2.62. The molecule has 2 rings (SSSR count). The van der Waals surface area contributed by atoms with E-state index in [1.54, 1.807) is 0 Å². The van der Waals surface area contributed by atoms with Crippen molar-refractivity contribution in [3.05, 3.63) is 63.9 Å². The molecule has 0 atom stereocenters. The van der Waals surface area contributed by atoms with Crippen LogP contribution >= 0.6 is 11.6 Å². The first-order chi connectivity index (χ1) is 13.2. The van der Waals surface area contributed by atoms with Gasteiger partial charge in [0, 0.05) is 17.8 Å². The van der Waals surface area contributed by atoms with Gasteiger partial charge < -0.3 is 15.0 Å². The van der Waals surface area contributed by atoms with Crippen LogP contribution in [0, 0.1) is 19.7 Å². The third kappa shape index (κ3) is 5.79. The number of anilines is 1. The summed E-state index contributed by atoms with van der Waals surface area (Å²) in [4.78, 5) is 37.2. The van der Waals surface area contributed by atoms with Gasteiger partial charge in [0.05, 0.1) is 12.1 Å². The molecule has 0 saturated heterocycles. The highest BCUT2D eigenvalue weighted by atomic mass is 35.5. The minimum Gasteiger partial charge on any atom is -0.452 e. The van der Waals surface area contributed by atoms with E-state index in [0.717, 1.165) is 22.1 Å². The van der Waals surface area contributed by atoms with E-state index in [0.29, 0.717) is 5.69 Å². The third-order valence-electron chi connectivity index (χ3n) is 3.95. The molecule has 148 valence electrons. The Labute approximate surface area is 167 Å². The Morgan fingerprint density at radius 1 is 1.14 bits per heavy atom. The van der Waals surface area contributed by atoms with E-state index in [9.17, 15) is 18.8 Å². The highest BCUT2D eigenvalue weighted by molar-refractivity contribution is 6.30. The summed E-state index contributed by atoms with van der Waals surface area (Å²) in [5.41, 5.74) is 2.22. The number of ether oxygens (including phenoxy) is 1. The van der Waals surface area contributed by atoms with Gasteiger partial charge in [-0.3, -0.25) is 9.59 Å². The number of rotatable bonds is 6. The molecule has 0 aliphatic rings. The maximum Gasteiger partial charge on any atom is 0.341 e. The molecule has 2 amide bonds. The van der Waals surface area contributed by atoms with Crippen LogP contribution in [0.25, 0.3) is 0 Å². The second-order valence-corrected chi connectivity index (χ2v) is 6.75. The maximum absolute atomic E-state index is 13.7. The quantitative estimate of drug-likeness (QED) is 0.746. The van der Waals surface area contributed by atoms with Gasteiger partial charge in [-0.05, 0) is 49.2 Å². The summed E-state index contributed by atoms with van der Waals surface area (Å²) in [6, 6.07) is 9.13. The minimum absolute atomic E-state index is 0.139. The number of likely N-dealkylation sites (N-methyl/N-ethyl adjacent to an activating group) is 1. The van der Waals surface area contributed by atoms with Crippen molar-refractivity contribution in [1.82, 2.24) is 4.90 Å². The smallest absolute Gasteiger partial charge is 0.341 e. The molecule has 0 aliphatic heterocycles. The zero-order valence-corrected chi connectivity index (χ0v) is 16.5. The van der Waals surface area contributed by atoms with Crippen molar-refractivity contribution in [1.29, 1.82) is 0 Å². The Kier molecular flexibility index (Phi) is 7.12.